The number of hydrogen-bond donors (Lipinski definition) is 2. The number of pyridine rings is 1. The van der Waals surface area contributed by atoms with Crippen molar-refractivity contribution in [3.63, 3.8) is 0 Å². The Hall–Kier alpha value is -2.66. The first-order valence-corrected chi connectivity index (χ1v) is 9.81. The molecular formula is C22H25N5. The second kappa shape index (κ2) is 6.50. The van der Waals surface area contributed by atoms with Crippen molar-refractivity contribution >= 4 is 22.1 Å². The molecule has 5 rings (SSSR count). The fourth-order valence-electron chi connectivity index (χ4n) is 4.43. The van der Waals surface area contributed by atoms with Gasteiger partial charge in [0.05, 0.1) is 0 Å². The van der Waals surface area contributed by atoms with Crippen molar-refractivity contribution in [1.82, 2.24) is 24.8 Å². The molecule has 3 aromatic heterocycles. The van der Waals surface area contributed by atoms with Gasteiger partial charge in [-0.05, 0) is 56.6 Å². The van der Waals surface area contributed by atoms with Crippen molar-refractivity contribution < 1.29 is 0 Å². The van der Waals surface area contributed by atoms with E-state index in [1.807, 2.05) is 19.2 Å². The van der Waals surface area contributed by atoms with Gasteiger partial charge in [0.1, 0.15) is 11.3 Å². The van der Waals surface area contributed by atoms with Crippen molar-refractivity contribution in [2.75, 3.05) is 7.05 Å². The summed E-state index contributed by atoms with van der Waals surface area (Å²) >= 11 is 0. The Kier molecular flexibility index (Phi) is 3.97. The van der Waals surface area contributed by atoms with Gasteiger partial charge in [0.25, 0.3) is 0 Å². The molecule has 0 saturated heterocycles. The fraction of sp³-hybridized carbons (Fsp3) is 0.364. The number of aromatic amines is 2. The van der Waals surface area contributed by atoms with E-state index in [2.05, 4.69) is 56.1 Å². The van der Waals surface area contributed by atoms with Gasteiger partial charge in [-0.25, -0.2) is 9.97 Å². The molecule has 0 bridgehead atoms. The minimum atomic E-state index is 0.746. The second-order valence-electron chi connectivity index (χ2n) is 7.84. The number of imidazole rings is 1. The largest absolute Gasteiger partial charge is 0.354 e. The molecule has 0 radical (unpaired) electrons. The van der Waals surface area contributed by atoms with E-state index in [-0.39, 0.29) is 0 Å². The molecule has 0 amide bonds. The Morgan fingerprint density at radius 1 is 1.11 bits per heavy atom. The summed E-state index contributed by atoms with van der Waals surface area (Å²) in [6.07, 6.45) is 7.27. The van der Waals surface area contributed by atoms with E-state index in [4.69, 9.17) is 0 Å². The van der Waals surface area contributed by atoms with Gasteiger partial charge in [0.15, 0.2) is 5.65 Å². The Labute approximate surface area is 158 Å². The van der Waals surface area contributed by atoms with E-state index in [1.54, 1.807) is 0 Å². The van der Waals surface area contributed by atoms with Crippen molar-refractivity contribution in [2.24, 2.45) is 0 Å². The topological polar surface area (TPSA) is 60.6 Å². The van der Waals surface area contributed by atoms with E-state index < -0.39 is 0 Å². The predicted molar refractivity (Wildman–Crippen MR) is 110 cm³/mol. The molecule has 1 aliphatic carbocycles. The van der Waals surface area contributed by atoms with Gasteiger partial charge in [-0.2, -0.15) is 0 Å². The summed E-state index contributed by atoms with van der Waals surface area (Å²) in [7, 11) is 2.26. The first-order chi connectivity index (χ1) is 13.2. The molecule has 1 aliphatic rings. The minimum Gasteiger partial charge on any atom is -0.354 e. The summed E-state index contributed by atoms with van der Waals surface area (Å²) in [5.74, 6) is 0.887. The molecule has 138 valence electrons. The van der Waals surface area contributed by atoms with Gasteiger partial charge in [-0.1, -0.05) is 18.9 Å². The highest BCUT2D eigenvalue weighted by Crippen LogP contribution is 2.30. The van der Waals surface area contributed by atoms with Crippen LogP contribution in [0.2, 0.25) is 0 Å². The number of aryl methyl sites for hydroxylation is 1. The van der Waals surface area contributed by atoms with Crippen LogP contribution in [0.25, 0.3) is 33.3 Å². The van der Waals surface area contributed by atoms with Crippen molar-refractivity contribution in [3.8, 4) is 11.3 Å². The smallest absolute Gasteiger partial charge is 0.158 e. The lowest BCUT2D eigenvalue weighted by atomic mass is 10.1. The summed E-state index contributed by atoms with van der Waals surface area (Å²) in [5.41, 5.74) is 6.47. The highest BCUT2D eigenvalue weighted by Gasteiger charge is 2.19. The second-order valence-corrected chi connectivity index (χ2v) is 7.84. The van der Waals surface area contributed by atoms with E-state index in [1.165, 1.54) is 36.6 Å². The standard InChI is InChI=1S/C22H25N5/c1-14-24-21-18(9-10-23-22(21)25-14)20-12-16-11-15(7-8-19(16)26-20)13-27(2)17-5-3-4-6-17/h7-12,17,26H,3-6,13H2,1-2H3,(H,23,24,25). The fourth-order valence-corrected chi connectivity index (χ4v) is 4.43. The molecule has 1 aromatic carbocycles. The van der Waals surface area contributed by atoms with Gasteiger partial charge in [-0.15, -0.1) is 0 Å². The molecule has 4 aromatic rings. The zero-order valence-electron chi connectivity index (χ0n) is 15.9. The van der Waals surface area contributed by atoms with E-state index in [9.17, 15) is 0 Å². The van der Waals surface area contributed by atoms with Gasteiger partial charge >= 0.3 is 0 Å². The van der Waals surface area contributed by atoms with Crippen LogP contribution < -0.4 is 0 Å². The van der Waals surface area contributed by atoms with Crippen molar-refractivity contribution in [1.29, 1.82) is 0 Å². The summed E-state index contributed by atoms with van der Waals surface area (Å²) in [5, 5.41) is 1.25. The summed E-state index contributed by atoms with van der Waals surface area (Å²) < 4.78 is 0. The van der Waals surface area contributed by atoms with Gasteiger partial charge in [-0.3, -0.25) is 4.90 Å². The minimum absolute atomic E-state index is 0.746. The molecule has 0 spiro atoms. The van der Waals surface area contributed by atoms with Crippen LogP contribution in [0.5, 0.6) is 0 Å². The SMILES string of the molecule is Cc1nc2c(-c3cc4cc(CN(C)C5CCCC5)ccc4[nH]3)ccnc2[nH]1. The van der Waals surface area contributed by atoms with E-state index >= 15 is 0 Å². The first kappa shape index (κ1) is 16.5. The monoisotopic (exact) mass is 359 g/mol. The molecule has 0 unspecified atom stereocenters. The lowest BCUT2D eigenvalue weighted by Gasteiger charge is -2.24. The number of hydrogen-bond acceptors (Lipinski definition) is 3. The van der Waals surface area contributed by atoms with E-state index in [0.29, 0.717) is 0 Å². The summed E-state index contributed by atoms with van der Waals surface area (Å²) in [6, 6.07) is 11.8. The first-order valence-electron chi connectivity index (χ1n) is 9.81. The van der Waals surface area contributed by atoms with Crippen molar-refractivity contribution in [2.45, 2.75) is 45.2 Å². The Morgan fingerprint density at radius 2 is 1.96 bits per heavy atom. The van der Waals surface area contributed by atoms with Crippen LogP contribution in [0, 0.1) is 6.92 Å². The number of benzene rings is 1. The van der Waals surface area contributed by atoms with Gasteiger partial charge in [0.2, 0.25) is 0 Å². The summed E-state index contributed by atoms with van der Waals surface area (Å²) in [6.45, 7) is 2.98. The average Bonchev–Trinajstić information content (AvgIpc) is 3.39. The van der Waals surface area contributed by atoms with Crippen LogP contribution in [-0.4, -0.2) is 37.9 Å². The molecule has 27 heavy (non-hydrogen) atoms. The van der Waals surface area contributed by atoms with Crippen molar-refractivity contribution in [3.05, 3.63) is 47.9 Å². The number of nitrogens with zero attached hydrogens (tertiary/aromatic N) is 3. The Balaban J connectivity index is 1.48. The number of H-pyrrole nitrogens is 2. The lowest BCUT2D eigenvalue weighted by molar-refractivity contribution is 0.237. The predicted octanol–water partition coefficient (Wildman–Crippen LogP) is 4.79. The molecule has 0 atom stereocenters. The van der Waals surface area contributed by atoms with Crippen LogP contribution >= 0.6 is 0 Å². The number of aromatic nitrogens is 4. The maximum Gasteiger partial charge on any atom is 0.158 e. The zero-order chi connectivity index (χ0) is 18.4. The van der Waals surface area contributed by atoms with E-state index in [0.717, 1.165) is 46.3 Å². The highest BCUT2D eigenvalue weighted by molar-refractivity contribution is 5.94. The van der Waals surface area contributed by atoms with Crippen LogP contribution in [0.3, 0.4) is 0 Å². The molecule has 0 aliphatic heterocycles. The van der Waals surface area contributed by atoms with Gasteiger partial charge < -0.3 is 9.97 Å². The molecule has 2 N–H and O–H groups in total. The summed E-state index contributed by atoms with van der Waals surface area (Å²) in [4.78, 5) is 18.3. The molecule has 5 heteroatoms. The maximum atomic E-state index is 4.62. The number of rotatable bonds is 4. The third-order valence-electron chi connectivity index (χ3n) is 5.86. The van der Waals surface area contributed by atoms with Gasteiger partial charge in [0, 0.05) is 40.9 Å². The van der Waals surface area contributed by atoms with Crippen LogP contribution in [0.1, 0.15) is 37.1 Å². The number of nitrogens with one attached hydrogen (secondary N) is 2. The Morgan fingerprint density at radius 3 is 2.81 bits per heavy atom. The molecule has 3 heterocycles. The van der Waals surface area contributed by atoms with Crippen LogP contribution in [0.15, 0.2) is 36.5 Å². The Bertz CT molecular complexity index is 1100. The average molecular weight is 359 g/mol. The molecule has 1 saturated carbocycles. The number of fused-ring (bicyclic) bond motifs is 2. The third-order valence-corrected chi connectivity index (χ3v) is 5.86. The van der Waals surface area contributed by atoms with Crippen LogP contribution in [-0.2, 0) is 6.54 Å². The quantitative estimate of drug-likeness (QED) is 0.551. The normalized spacial score (nSPS) is 15.5. The van der Waals surface area contributed by atoms with Crippen LogP contribution in [0.4, 0.5) is 0 Å². The lowest BCUT2D eigenvalue weighted by Crippen LogP contribution is -2.28. The zero-order valence-corrected chi connectivity index (χ0v) is 15.9. The molecule has 5 nitrogen and oxygen atoms in total. The molecular weight excluding hydrogens is 334 g/mol. The highest BCUT2D eigenvalue weighted by atomic mass is 15.1. The maximum absolute atomic E-state index is 4.62. The molecule has 1 fully saturated rings. The third kappa shape index (κ3) is 3.02.